The molecule has 0 saturated carbocycles. The number of hydrogen-bond donors (Lipinski definition) is 0. The van der Waals surface area contributed by atoms with Crippen LogP contribution in [0.15, 0.2) is 60.9 Å². The van der Waals surface area contributed by atoms with Crippen molar-refractivity contribution in [1.29, 1.82) is 0 Å². The first kappa shape index (κ1) is 11.5. The highest BCUT2D eigenvalue weighted by Gasteiger charge is 2.28. The summed E-state index contributed by atoms with van der Waals surface area (Å²) in [6.45, 7) is 0. The van der Waals surface area contributed by atoms with Crippen LogP contribution in [0, 0.1) is 0 Å². The van der Waals surface area contributed by atoms with Crippen molar-refractivity contribution < 1.29 is 4.79 Å². The van der Waals surface area contributed by atoms with Gasteiger partial charge < -0.3 is 4.57 Å². The van der Waals surface area contributed by atoms with Crippen molar-refractivity contribution in [3.63, 3.8) is 0 Å². The van der Waals surface area contributed by atoms with Crippen molar-refractivity contribution in [3.8, 4) is 16.8 Å². The summed E-state index contributed by atoms with van der Waals surface area (Å²) in [5.74, 6) is 0.0483. The molecule has 0 aliphatic heterocycles. The van der Waals surface area contributed by atoms with Gasteiger partial charge in [0, 0.05) is 39.8 Å². The molecule has 0 unspecified atom stereocenters. The summed E-state index contributed by atoms with van der Waals surface area (Å²) in [5.41, 5.74) is 4.42. The summed E-state index contributed by atoms with van der Waals surface area (Å²) in [5, 5.41) is 0.596. The molecule has 4 rings (SSSR count). The Hall–Kier alpha value is -2.32. The van der Waals surface area contributed by atoms with Gasteiger partial charge in [-0.05, 0) is 29.8 Å². The van der Waals surface area contributed by atoms with Crippen LogP contribution >= 0.6 is 11.6 Å². The van der Waals surface area contributed by atoms with E-state index in [9.17, 15) is 4.79 Å². The van der Waals surface area contributed by atoms with Crippen molar-refractivity contribution >= 4 is 17.4 Å². The molecule has 0 amide bonds. The van der Waals surface area contributed by atoms with Crippen LogP contribution < -0.4 is 0 Å². The van der Waals surface area contributed by atoms with Crippen LogP contribution in [0.1, 0.15) is 15.9 Å². The minimum atomic E-state index is 0.0483. The number of para-hydroxylation sites is 1. The van der Waals surface area contributed by atoms with E-state index in [0.717, 1.165) is 22.4 Å². The Morgan fingerprint density at radius 2 is 1.55 bits per heavy atom. The fraction of sp³-hybridized carbons (Fsp3) is 0. The molecule has 0 fully saturated rings. The molecule has 2 nitrogen and oxygen atoms in total. The Morgan fingerprint density at radius 3 is 2.35 bits per heavy atom. The van der Waals surface area contributed by atoms with Gasteiger partial charge in [0.2, 0.25) is 0 Å². The topological polar surface area (TPSA) is 22.0 Å². The molecular weight excluding hydrogens is 270 g/mol. The Kier molecular flexibility index (Phi) is 2.35. The zero-order chi connectivity index (χ0) is 13.7. The maximum absolute atomic E-state index is 12.4. The van der Waals surface area contributed by atoms with E-state index in [4.69, 9.17) is 11.6 Å². The van der Waals surface area contributed by atoms with Gasteiger partial charge in [0.25, 0.3) is 0 Å². The Labute approximate surface area is 121 Å². The van der Waals surface area contributed by atoms with Gasteiger partial charge in [0.15, 0.2) is 5.78 Å². The van der Waals surface area contributed by atoms with E-state index in [0.29, 0.717) is 10.6 Å². The lowest BCUT2D eigenvalue weighted by Crippen LogP contribution is -1.96. The van der Waals surface area contributed by atoms with Crippen LogP contribution in [-0.4, -0.2) is 10.4 Å². The van der Waals surface area contributed by atoms with Crippen molar-refractivity contribution in [2.24, 2.45) is 0 Å². The molecular formula is C17H10ClNO. The number of hydrogen-bond acceptors (Lipinski definition) is 1. The molecule has 0 bridgehead atoms. The number of carbonyl (C=O) groups is 1. The molecule has 0 saturated heterocycles. The summed E-state index contributed by atoms with van der Waals surface area (Å²) < 4.78 is 1.99. The number of fused-ring (bicyclic) bond motifs is 3. The predicted molar refractivity (Wildman–Crippen MR) is 79.6 cm³/mol. The summed E-state index contributed by atoms with van der Waals surface area (Å²) in [7, 11) is 0. The maximum Gasteiger partial charge on any atom is 0.195 e. The third kappa shape index (κ3) is 1.55. The minimum absolute atomic E-state index is 0.0483. The van der Waals surface area contributed by atoms with E-state index in [1.807, 2.05) is 59.4 Å². The smallest absolute Gasteiger partial charge is 0.195 e. The Bertz CT molecular complexity index is 833. The monoisotopic (exact) mass is 279 g/mol. The second-order valence-electron chi connectivity index (χ2n) is 4.85. The standard InChI is InChI=1S/C17H10ClNO/c18-11-6-7-13-14(8-11)17(20)16-10-19(9-15(13)16)12-4-2-1-3-5-12/h1-10H. The van der Waals surface area contributed by atoms with Gasteiger partial charge in [0.1, 0.15) is 0 Å². The van der Waals surface area contributed by atoms with Crippen LogP contribution in [0.5, 0.6) is 0 Å². The van der Waals surface area contributed by atoms with Crippen LogP contribution in [0.25, 0.3) is 16.8 Å². The summed E-state index contributed by atoms with van der Waals surface area (Å²) in [6.07, 6.45) is 3.89. The van der Waals surface area contributed by atoms with E-state index >= 15 is 0 Å². The second kappa shape index (κ2) is 4.09. The summed E-state index contributed by atoms with van der Waals surface area (Å²) in [6, 6.07) is 15.4. The third-order valence-electron chi connectivity index (χ3n) is 3.64. The fourth-order valence-electron chi connectivity index (χ4n) is 2.68. The van der Waals surface area contributed by atoms with Gasteiger partial charge in [-0.15, -0.1) is 0 Å². The lowest BCUT2D eigenvalue weighted by Gasteiger charge is -2.03. The molecule has 0 atom stereocenters. The van der Waals surface area contributed by atoms with Crippen molar-refractivity contribution in [2.45, 2.75) is 0 Å². The van der Waals surface area contributed by atoms with Gasteiger partial charge >= 0.3 is 0 Å². The molecule has 1 aliphatic carbocycles. The Morgan fingerprint density at radius 1 is 0.800 bits per heavy atom. The highest BCUT2D eigenvalue weighted by atomic mass is 35.5. The summed E-state index contributed by atoms with van der Waals surface area (Å²) in [4.78, 5) is 12.4. The second-order valence-corrected chi connectivity index (χ2v) is 5.28. The number of rotatable bonds is 1. The van der Waals surface area contributed by atoms with Crippen molar-refractivity contribution in [1.82, 2.24) is 4.57 Å². The van der Waals surface area contributed by atoms with Gasteiger partial charge in [-0.3, -0.25) is 4.79 Å². The quantitative estimate of drug-likeness (QED) is 0.508. The van der Waals surface area contributed by atoms with E-state index in [1.165, 1.54) is 0 Å². The number of nitrogens with zero attached hydrogens (tertiary/aromatic N) is 1. The SMILES string of the molecule is O=C1c2cc(Cl)ccc2-c2cn(-c3ccccc3)cc21. The zero-order valence-corrected chi connectivity index (χ0v) is 11.3. The van der Waals surface area contributed by atoms with Crippen LogP contribution in [0.4, 0.5) is 0 Å². The van der Waals surface area contributed by atoms with Crippen LogP contribution in [0.2, 0.25) is 5.02 Å². The molecule has 20 heavy (non-hydrogen) atoms. The zero-order valence-electron chi connectivity index (χ0n) is 10.5. The minimum Gasteiger partial charge on any atom is -0.322 e. The van der Waals surface area contributed by atoms with Gasteiger partial charge in [-0.1, -0.05) is 35.9 Å². The molecule has 0 N–H and O–H groups in total. The molecule has 0 radical (unpaired) electrons. The molecule has 1 aliphatic rings. The first-order valence-electron chi connectivity index (χ1n) is 6.36. The number of ketones is 1. The Balaban J connectivity index is 1.91. The fourth-order valence-corrected chi connectivity index (χ4v) is 2.86. The molecule has 0 spiro atoms. The molecule has 3 aromatic rings. The highest BCUT2D eigenvalue weighted by molar-refractivity contribution is 6.32. The van der Waals surface area contributed by atoms with Crippen LogP contribution in [0.3, 0.4) is 0 Å². The molecule has 2 aromatic carbocycles. The van der Waals surface area contributed by atoms with Crippen molar-refractivity contribution in [3.05, 3.63) is 77.1 Å². The highest BCUT2D eigenvalue weighted by Crippen LogP contribution is 2.38. The van der Waals surface area contributed by atoms with Crippen molar-refractivity contribution in [2.75, 3.05) is 0 Å². The lowest BCUT2D eigenvalue weighted by molar-refractivity contribution is 0.104. The number of carbonyl (C=O) groups excluding carboxylic acids is 1. The van der Waals surface area contributed by atoms with E-state index in [-0.39, 0.29) is 5.78 Å². The average Bonchev–Trinajstić information content (AvgIpc) is 3.01. The van der Waals surface area contributed by atoms with E-state index < -0.39 is 0 Å². The van der Waals surface area contributed by atoms with Gasteiger partial charge in [-0.2, -0.15) is 0 Å². The lowest BCUT2D eigenvalue weighted by atomic mass is 10.1. The first-order valence-corrected chi connectivity index (χ1v) is 6.74. The molecule has 96 valence electrons. The largest absolute Gasteiger partial charge is 0.322 e. The van der Waals surface area contributed by atoms with E-state index in [1.54, 1.807) is 6.07 Å². The van der Waals surface area contributed by atoms with Crippen LogP contribution in [-0.2, 0) is 0 Å². The average molecular weight is 280 g/mol. The predicted octanol–water partition coefficient (Wildman–Crippen LogP) is 4.34. The normalized spacial score (nSPS) is 12.3. The third-order valence-corrected chi connectivity index (χ3v) is 3.88. The maximum atomic E-state index is 12.4. The summed E-state index contributed by atoms with van der Waals surface area (Å²) >= 11 is 5.97. The number of halogens is 1. The number of benzene rings is 2. The molecule has 1 aromatic heterocycles. The number of aromatic nitrogens is 1. The van der Waals surface area contributed by atoms with Gasteiger partial charge in [-0.25, -0.2) is 0 Å². The molecule has 3 heteroatoms. The van der Waals surface area contributed by atoms with E-state index in [2.05, 4.69) is 0 Å². The van der Waals surface area contributed by atoms with Gasteiger partial charge in [0.05, 0.1) is 0 Å². The first-order chi connectivity index (χ1) is 9.74. The molecule has 1 heterocycles.